The molecule has 0 saturated carbocycles. The van der Waals surface area contributed by atoms with E-state index in [1.54, 1.807) is 12.4 Å². The van der Waals surface area contributed by atoms with E-state index in [2.05, 4.69) is 19.9 Å². The largest absolute Gasteiger partial charge is 0.493 e. The minimum absolute atomic E-state index is 0. The summed E-state index contributed by atoms with van der Waals surface area (Å²) in [6.07, 6.45) is 3.45. The lowest BCUT2D eigenvalue weighted by Crippen LogP contribution is -2.45. The Hall–Kier alpha value is -2.56. The molecule has 1 saturated heterocycles. The third-order valence-electron chi connectivity index (χ3n) is 4.57. The standard InChI is InChI=1S/C18H20F2N4O4.ClH/c1-27-16-7-13(14(24(25)26)8-17(16)28-18(19)20)11-23-6-5-22-10-15(23)12-3-2-4-21-9-12;/h2-4,7-9,15,18,22H,5-6,10-11H2,1H3;1H. The molecular formula is C18H21ClF2N4O4. The molecule has 1 unspecified atom stereocenters. The third kappa shape index (κ3) is 5.49. The van der Waals surface area contributed by atoms with Crippen molar-refractivity contribution < 1.29 is 23.2 Å². The van der Waals surface area contributed by atoms with Crippen LogP contribution in [0, 0.1) is 10.1 Å². The van der Waals surface area contributed by atoms with Gasteiger partial charge < -0.3 is 14.8 Å². The molecule has 2 aromatic rings. The van der Waals surface area contributed by atoms with Gasteiger partial charge in [0.25, 0.3) is 5.69 Å². The first kappa shape index (κ1) is 22.7. The first-order chi connectivity index (χ1) is 13.5. The summed E-state index contributed by atoms with van der Waals surface area (Å²) in [5.41, 5.74) is 1.06. The molecule has 1 fully saturated rings. The van der Waals surface area contributed by atoms with Crippen LogP contribution in [0.1, 0.15) is 17.2 Å². The lowest BCUT2D eigenvalue weighted by molar-refractivity contribution is -0.385. The molecule has 1 N–H and O–H groups in total. The van der Waals surface area contributed by atoms with Crippen molar-refractivity contribution in [1.29, 1.82) is 0 Å². The number of halogens is 3. The lowest BCUT2D eigenvalue weighted by atomic mass is 10.0. The van der Waals surface area contributed by atoms with Crippen molar-refractivity contribution in [3.63, 3.8) is 0 Å². The van der Waals surface area contributed by atoms with Gasteiger partial charge in [0, 0.05) is 50.2 Å². The highest BCUT2D eigenvalue weighted by molar-refractivity contribution is 5.85. The maximum absolute atomic E-state index is 12.6. The fourth-order valence-corrected chi connectivity index (χ4v) is 3.29. The van der Waals surface area contributed by atoms with Crippen molar-refractivity contribution in [2.75, 3.05) is 26.7 Å². The van der Waals surface area contributed by atoms with Crippen LogP contribution in [0.2, 0.25) is 0 Å². The van der Waals surface area contributed by atoms with Gasteiger partial charge in [-0.05, 0) is 17.7 Å². The van der Waals surface area contributed by atoms with Crippen LogP contribution in [0.15, 0.2) is 36.7 Å². The molecule has 3 rings (SSSR count). The van der Waals surface area contributed by atoms with Crippen molar-refractivity contribution in [1.82, 2.24) is 15.2 Å². The van der Waals surface area contributed by atoms with Crippen molar-refractivity contribution in [3.05, 3.63) is 57.9 Å². The average Bonchev–Trinajstić information content (AvgIpc) is 2.69. The molecular weight excluding hydrogens is 410 g/mol. The number of hydrogen-bond donors (Lipinski definition) is 1. The molecule has 2 heterocycles. The van der Waals surface area contributed by atoms with E-state index in [1.165, 1.54) is 13.2 Å². The molecule has 29 heavy (non-hydrogen) atoms. The van der Waals surface area contributed by atoms with Gasteiger partial charge in [-0.2, -0.15) is 8.78 Å². The number of rotatable bonds is 7. The van der Waals surface area contributed by atoms with Gasteiger partial charge in [-0.25, -0.2) is 0 Å². The van der Waals surface area contributed by atoms with E-state index in [4.69, 9.17) is 4.74 Å². The highest BCUT2D eigenvalue weighted by atomic mass is 35.5. The van der Waals surface area contributed by atoms with Crippen LogP contribution < -0.4 is 14.8 Å². The smallest absolute Gasteiger partial charge is 0.387 e. The number of benzene rings is 1. The van der Waals surface area contributed by atoms with Crippen molar-refractivity contribution in [3.8, 4) is 11.5 Å². The van der Waals surface area contributed by atoms with E-state index in [9.17, 15) is 18.9 Å². The predicted molar refractivity (Wildman–Crippen MR) is 104 cm³/mol. The SMILES string of the molecule is COc1cc(CN2CCNCC2c2cccnc2)c([N+](=O)[O-])cc1OC(F)F.Cl. The number of piperazine rings is 1. The van der Waals surface area contributed by atoms with Crippen LogP contribution >= 0.6 is 12.4 Å². The summed E-state index contributed by atoms with van der Waals surface area (Å²) in [5.74, 6) is -0.342. The average molecular weight is 431 g/mol. The summed E-state index contributed by atoms with van der Waals surface area (Å²) in [6, 6.07) is 6.14. The maximum atomic E-state index is 12.6. The Kier molecular flexibility index (Phi) is 8.06. The molecule has 11 heteroatoms. The number of aromatic nitrogens is 1. The summed E-state index contributed by atoms with van der Waals surface area (Å²) in [5, 5.41) is 14.8. The zero-order valence-corrected chi connectivity index (χ0v) is 16.4. The van der Waals surface area contributed by atoms with Gasteiger partial charge in [0.1, 0.15) is 0 Å². The maximum Gasteiger partial charge on any atom is 0.387 e. The van der Waals surface area contributed by atoms with Gasteiger partial charge >= 0.3 is 6.61 Å². The van der Waals surface area contributed by atoms with Crippen molar-refractivity contribution in [2.24, 2.45) is 0 Å². The van der Waals surface area contributed by atoms with Crippen LogP contribution in [0.4, 0.5) is 14.5 Å². The Bertz CT molecular complexity index is 829. The number of ether oxygens (including phenoxy) is 2. The van der Waals surface area contributed by atoms with E-state index in [1.807, 2.05) is 12.1 Å². The summed E-state index contributed by atoms with van der Waals surface area (Å²) < 4.78 is 34.7. The fourth-order valence-electron chi connectivity index (χ4n) is 3.29. The van der Waals surface area contributed by atoms with Crippen LogP contribution in [0.3, 0.4) is 0 Å². The summed E-state index contributed by atoms with van der Waals surface area (Å²) in [4.78, 5) is 17.2. The molecule has 1 aliphatic heterocycles. The molecule has 0 spiro atoms. The van der Waals surface area contributed by atoms with Gasteiger partial charge in [-0.1, -0.05) is 6.07 Å². The second-order valence-corrected chi connectivity index (χ2v) is 6.24. The topological polar surface area (TPSA) is 89.8 Å². The second-order valence-electron chi connectivity index (χ2n) is 6.24. The van der Waals surface area contributed by atoms with E-state index in [0.29, 0.717) is 18.7 Å². The number of hydrogen-bond acceptors (Lipinski definition) is 7. The first-order valence-electron chi connectivity index (χ1n) is 8.64. The zero-order valence-electron chi connectivity index (χ0n) is 15.6. The second kappa shape index (κ2) is 10.3. The molecule has 0 radical (unpaired) electrons. The number of alkyl halides is 2. The van der Waals surface area contributed by atoms with Gasteiger partial charge in [0.05, 0.1) is 18.1 Å². The number of pyridine rings is 1. The lowest BCUT2D eigenvalue weighted by Gasteiger charge is -2.36. The first-order valence-corrected chi connectivity index (χ1v) is 8.64. The van der Waals surface area contributed by atoms with Gasteiger partial charge in [-0.15, -0.1) is 12.4 Å². The van der Waals surface area contributed by atoms with Crippen molar-refractivity contribution in [2.45, 2.75) is 19.2 Å². The Labute approximate surface area is 172 Å². The quantitative estimate of drug-likeness (QED) is 0.533. The molecule has 1 aromatic heterocycles. The number of nitro groups is 1. The zero-order chi connectivity index (χ0) is 20.1. The highest BCUT2D eigenvalue weighted by Crippen LogP contribution is 2.37. The van der Waals surface area contributed by atoms with Gasteiger partial charge in [0.15, 0.2) is 11.5 Å². The van der Waals surface area contributed by atoms with Crippen LogP contribution in [0.5, 0.6) is 11.5 Å². The predicted octanol–water partition coefficient (Wildman–Crippen LogP) is 3.17. The number of nitrogens with one attached hydrogen (secondary N) is 1. The minimum Gasteiger partial charge on any atom is -0.493 e. The third-order valence-corrected chi connectivity index (χ3v) is 4.57. The van der Waals surface area contributed by atoms with E-state index >= 15 is 0 Å². The summed E-state index contributed by atoms with van der Waals surface area (Å²) in [6.45, 7) is -0.795. The van der Waals surface area contributed by atoms with E-state index in [0.717, 1.165) is 18.2 Å². The summed E-state index contributed by atoms with van der Waals surface area (Å²) >= 11 is 0. The monoisotopic (exact) mass is 430 g/mol. The molecule has 1 atom stereocenters. The molecule has 0 aliphatic carbocycles. The van der Waals surface area contributed by atoms with Gasteiger partial charge in [0.2, 0.25) is 0 Å². The van der Waals surface area contributed by atoms with E-state index in [-0.39, 0.29) is 42.2 Å². The van der Waals surface area contributed by atoms with E-state index < -0.39 is 11.5 Å². The summed E-state index contributed by atoms with van der Waals surface area (Å²) in [7, 11) is 1.30. The Morgan fingerprint density at radius 1 is 1.41 bits per heavy atom. The Morgan fingerprint density at radius 2 is 2.21 bits per heavy atom. The number of methoxy groups -OCH3 is 1. The molecule has 1 aromatic carbocycles. The number of nitrogens with zero attached hydrogens (tertiary/aromatic N) is 3. The van der Waals surface area contributed by atoms with Crippen LogP contribution in [-0.2, 0) is 6.54 Å². The van der Waals surface area contributed by atoms with Crippen LogP contribution in [0.25, 0.3) is 0 Å². The molecule has 8 nitrogen and oxygen atoms in total. The van der Waals surface area contributed by atoms with Crippen molar-refractivity contribution >= 4 is 18.1 Å². The fraction of sp³-hybridized carbons (Fsp3) is 0.389. The molecule has 1 aliphatic rings. The van der Waals surface area contributed by atoms with Gasteiger partial charge in [-0.3, -0.25) is 20.0 Å². The Balaban J connectivity index is 0.00000300. The number of nitro benzene ring substituents is 1. The molecule has 158 valence electrons. The van der Waals surface area contributed by atoms with Crippen LogP contribution in [-0.4, -0.2) is 48.2 Å². The normalized spacial score (nSPS) is 16.9. The highest BCUT2D eigenvalue weighted by Gasteiger charge is 2.28. The Morgan fingerprint density at radius 3 is 2.83 bits per heavy atom. The molecule has 0 bridgehead atoms. The minimum atomic E-state index is -3.11. The molecule has 0 amide bonds.